The molecule has 0 saturated carbocycles. The Bertz CT molecular complexity index is 1190. The number of carboxylic acids is 1. The normalized spacial score (nSPS) is 13.8. The van der Waals surface area contributed by atoms with Crippen LogP contribution in [0.15, 0.2) is 72.8 Å². The molecule has 4 N–H and O–H groups in total. The monoisotopic (exact) mass is 474 g/mol. The minimum Gasteiger partial charge on any atom is -0.480 e. The Morgan fingerprint density at radius 1 is 0.886 bits per heavy atom. The number of carbonyl (C=O) groups excluding carboxylic acids is 2. The van der Waals surface area contributed by atoms with Crippen molar-refractivity contribution in [3.8, 4) is 11.1 Å². The zero-order valence-corrected chi connectivity index (χ0v) is 19.1. The number of benzene rings is 3. The third-order valence-electron chi connectivity index (χ3n) is 6.08. The minimum absolute atomic E-state index is 0.0660. The van der Waals surface area contributed by atoms with Crippen LogP contribution in [0.1, 0.15) is 34.2 Å². The lowest BCUT2D eigenvalue weighted by molar-refractivity contribution is -0.143. The van der Waals surface area contributed by atoms with Crippen LogP contribution in [0.2, 0.25) is 0 Å². The van der Waals surface area contributed by atoms with E-state index in [1.807, 2.05) is 55.5 Å². The lowest BCUT2D eigenvalue weighted by Gasteiger charge is -2.22. The third kappa shape index (κ3) is 5.17. The second-order valence-electron chi connectivity index (χ2n) is 8.40. The number of amides is 2. The molecule has 180 valence electrons. The first-order chi connectivity index (χ1) is 16.9. The van der Waals surface area contributed by atoms with Gasteiger partial charge >= 0.3 is 12.1 Å². The number of aliphatic carboxylic acids is 1. The number of aliphatic hydroxyl groups excluding tert-OH is 1. The molecule has 3 aromatic carbocycles. The highest BCUT2D eigenvalue weighted by atomic mass is 16.5. The molecule has 4 rings (SSSR count). The SMILES string of the molecule is Cc1ccc(C(NC(=O)OCC2c3ccccc3-c3ccccc32)C(=O)N[C@H](CO)C(=O)O)cc1. The molecule has 0 bridgehead atoms. The molecule has 2 atom stereocenters. The van der Waals surface area contributed by atoms with Gasteiger partial charge in [-0.3, -0.25) is 4.79 Å². The lowest BCUT2D eigenvalue weighted by atomic mass is 9.98. The van der Waals surface area contributed by atoms with Gasteiger partial charge in [0, 0.05) is 5.92 Å². The first-order valence-electron chi connectivity index (χ1n) is 11.2. The van der Waals surface area contributed by atoms with E-state index in [2.05, 4.69) is 10.6 Å². The molecule has 0 heterocycles. The van der Waals surface area contributed by atoms with Crippen LogP contribution in [0, 0.1) is 6.92 Å². The number of alkyl carbamates (subject to hydrolysis) is 1. The summed E-state index contributed by atoms with van der Waals surface area (Å²) < 4.78 is 5.55. The Morgan fingerprint density at radius 3 is 2.00 bits per heavy atom. The molecule has 3 aromatic rings. The van der Waals surface area contributed by atoms with E-state index in [0.717, 1.165) is 27.8 Å². The average molecular weight is 475 g/mol. The second kappa shape index (κ2) is 10.4. The van der Waals surface area contributed by atoms with Gasteiger partial charge in [-0.1, -0.05) is 78.4 Å². The number of rotatable bonds is 8. The number of ether oxygens (including phenoxy) is 1. The molecule has 8 heteroatoms. The van der Waals surface area contributed by atoms with Crippen molar-refractivity contribution in [2.75, 3.05) is 13.2 Å². The highest BCUT2D eigenvalue weighted by molar-refractivity contribution is 5.90. The van der Waals surface area contributed by atoms with Gasteiger partial charge in [-0.05, 0) is 34.7 Å². The predicted molar refractivity (Wildman–Crippen MR) is 129 cm³/mol. The van der Waals surface area contributed by atoms with Crippen LogP contribution >= 0.6 is 0 Å². The van der Waals surface area contributed by atoms with E-state index in [0.29, 0.717) is 5.56 Å². The maximum atomic E-state index is 12.9. The van der Waals surface area contributed by atoms with Crippen LogP contribution in [-0.2, 0) is 14.3 Å². The lowest BCUT2D eigenvalue weighted by Crippen LogP contribution is -2.49. The summed E-state index contributed by atoms with van der Waals surface area (Å²) >= 11 is 0. The fourth-order valence-corrected chi connectivity index (χ4v) is 4.26. The molecule has 0 aromatic heterocycles. The van der Waals surface area contributed by atoms with Gasteiger partial charge in [-0.2, -0.15) is 0 Å². The molecular formula is C27H26N2O6. The summed E-state index contributed by atoms with van der Waals surface area (Å²) in [5.41, 5.74) is 5.70. The molecule has 8 nitrogen and oxygen atoms in total. The second-order valence-corrected chi connectivity index (χ2v) is 8.40. The average Bonchev–Trinajstić information content (AvgIpc) is 3.18. The fraction of sp³-hybridized carbons (Fsp3) is 0.222. The highest BCUT2D eigenvalue weighted by Crippen LogP contribution is 2.44. The number of hydrogen-bond donors (Lipinski definition) is 4. The Balaban J connectivity index is 1.50. The van der Waals surface area contributed by atoms with Crippen molar-refractivity contribution in [3.05, 3.63) is 95.1 Å². The maximum absolute atomic E-state index is 12.9. The van der Waals surface area contributed by atoms with Gasteiger partial charge in [0.1, 0.15) is 18.7 Å². The molecule has 0 saturated heterocycles. The van der Waals surface area contributed by atoms with Gasteiger partial charge < -0.3 is 25.6 Å². The quantitative estimate of drug-likeness (QED) is 0.398. The smallest absolute Gasteiger partial charge is 0.408 e. The van der Waals surface area contributed by atoms with Gasteiger partial charge in [0.05, 0.1) is 6.61 Å². The van der Waals surface area contributed by atoms with E-state index < -0.39 is 36.7 Å². The molecule has 2 amide bonds. The van der Waals surface area contributed by atoms with E-state index in [9.17, 15) is 24.6 Å². The van der Waals surface area contributed by atoms with Crippen molar-refractivity contribution in [1.82, 2.24) is 10.6 Å². The molecule has 1 aliphatic carbocycles. The zero-order chi connectivity index (χ0) is 24.9. The summed E-state index contributed by atoms with van der Waals surface area (Å²) in [5, 5.41) is 23.2. The first-order valence-corrected chi connectivity index (χ1v) is 11.2. The topological polar surface area (TPSA) is 125 Å². The zero-order valence-electron chi connectivity index (χ0n) is 19.1. The van der Waals surface area contributed by atoms with Crippen LogP contribution in [0.25, 0.3) is 11.1 Å². The summed E-state index contributed by atoms with van der Waals surface area (Å²) in [7, 11) is 0. The molecule has 0 fully saturated rings. The standard InChI is InChI=1S/C27H26N2O6/c1-16-10-12-17(13-11-16)24(25(31)28-23(14-30)26(32)33)29-27(34)35-15-22-20-8-4-2-6-18(20)19-7-3-5-9-21(19)22/h2-13,22-24,30H,14-15H2,1H3,(H,28,31)(H,29,34)(H,32,33)/t23-,24?/m1/s1. The Kier molecular flexibility index (Phi) is 7.12. The van der Waals surface area contributed by atoms with Crippen LogP contribution in [-0.4, -0.2) is 47.4 Å². The van der Waals surface area contributed by atoms with Gasteiger partial charge in [-0.15, -0.1) is 0 Å². The number of carboxylic acid groups (broad SMARTS) is 1. The summed E-state index contributed by atoms with van der Waals surface area (Å²) in [6, 6.07) is 20.1. The largest absolute Gasteiger partial charge is 0.480 e. The number of hydrogen-bond acceptors (Lipinski definition) is 5. The highest BCUT2D eigenvalue weighted by Gasteiger charge is 2.31. The van der Waals surface area contributed by atoms with Crippen LogP contribution in [0.4, 0.5) is 4.79 Å². The van der Waals surface area contributed by atoms with Crippen LogP contribution in [0.3, 0.4) is 0 Å². The summed E-state index contributed by atoms with van der Waals surface area (Å²) in [4.78, 5) is 36.9. The minimum atomic E-state index is -1.50. The summed E-state index contributed by atoms with van der Waals surface area (Å²) in [5.74, 6) is -2.31. The summed E-state index contributed by atoms with van der Waals surface area (Å²) in [6.07, 6.45) is -0.816. The third-order valence-corrected chi connectivity index (χ3v) is 6.08. The fourth-order valence-electron chi connectivity index (χ4n) is 4.26. The van der Waals surface area contributed by atoms with E-state index in [1.165, 1.54) is 0 Å². The Labute approximate surface area is 202 Å². The maximum Gasteiger partial charge on any atom is 0.408 e. The Morgan fingerprint density at radius 2 is 1.46 bits per heavy atom. The number of aliphatic hydroxyl groups is 1. The molecule has 35 heavy (non-hydrogen) atoms. The first kappa shape index (κ1) is 24.0. The van der Waals surface area contributed by atoms with Crippen molar-refractivity contribution in [2.45, 2.75) is 24.9 Å². The number of fused-ring (bicyclic) bond motifs is 3. The molecule has 0 aliphatic heterocycles. The van der Waals surface area contributed by atoms with Crippen molar-refractivity contribution < 1.29 is 29.3 Å². The predicted octanol–water partition coefficient (Wildman–Crippen LogP) is 3.14. The number of nitrogens with one attached hydrogen (secondary N) is 2. The number of aryl methyl sites for hydroxylation is 1. The van der Waals surface area contributed by atoms with E-state index in [-0.39, 0.29) is 12.5 Å². The van der Waals surface area contributed by atoms with Crippen molar-refractivity contribution in [3.63, 3.8) is 0 Å². The van der Waals surface area contributed by atoms with E-state index in [1.54, 1.807) is 24.3 Å². The van der Waals surface area contributed by atoms with Gasteiger partial charge in [-0.25, -0.2) is 9.59 Å². The van der Waals surface area contributed by atoms with E-state index in [4.69, 9.17) is 4.74 Å². The van der Waals surface area contributed by atoms with Crippen molar-refractivity contribution >= 4 is 18.0 Å². The van der Waals surface area contributed by atoms with Gasteiger partial charge in [0.15, 0.2) is 0 Å². The molecule has 1 aliphatic rings. The molecule has 1 unspecified atom stereocenters. The van der Waals surface area contributed by atoms with Crippen LogP contribution < -0.4 is 10.6 Å². The Hall–Kier alpha value is -4.17. The number of carbonyl (C=O) groups is 3. The van der Waals surface area contributed by atoms with E-state index >= 15 is 0 Å². The molecular weight excluding hydrogens is 448 g/mol. The van der Waals surface area contributed by atoms with Crippen LogP contribution in [0.5, 0.6) is 0 Å². The summed E-state index contributed by atoms with van der Waals surface area (Å²) in [6.45, 7) is 1.16. The molecule has 0 spiro atoms. The van der Waals surface area contributed by atoms with Gasteiger partial charge in [0.2, 0.25) is 5.91 Å². The van der Waals surface area contributed by atoms with Crippen molar-refractivity contribution in [1.29, 1.82) is 0 Å². The molecule has 0 radical (unpaired) electrons. The van der Waals surface area contributed by atoms with Crippen molar-refractivity contribution in [2.24, 2.45) is 0 Å². The van der Waals surface area contributed by atoms with Gasteiger partial charge in [0.25, 0.3) is 0 Å².